The van der Waals surface area contributed by atoms with E-state index in [0.717, 1.165) is 24.0 Å². The van der Waals surface area contributed by atoms with Gasteiger partial charge >= 0.3 is 0 Å². The predicted octanol–water partition coefficient (Wildman–Crippen LogP) is 1.15. The number of para-hydroxylation sites is 1. The molecule has 0 spiro atoms. The Bertz CT molecular complexity index is 584. The monoisotopic (exact) mass is 229 g/mol. The Kier molecular flexibility index (Phi) is 2.65. The van der Waals surface area contributed by atoms with Gasteiger partial charge in [0.1, 0.15) is 0 Å². The Labute approximate surface area is 99.3 Å². The first-order valence-electron chi connectivity index (χ1n) is 6.03. The van der Waals surface area contributed by atoms with E-state index in [4.69, 9.17) is 0 Å². The van der Waals surface area contributed by atoms with E-state index in [9.17, 15) is 4.79 Å². The van der Waals surface area contributed by atoms with E-state index in [1.165, 1.54) is 19.0 Å². The minimum Gasteiger partial charge on any atom is -0.312 e. The highest BCUT2D eigenvalue weighted by molar-refractivity contribution is 5.77. The van der Waals surface area contributed by atoms with Gasteiger partial charge in [-0.2, -0.15) is 5.10 Å². The summed E-state index contributed by atoms with van der Waals surface area (Å²) in [6.45, 7) is 1.92. The van der Waals surface area contributed by atoms with E-state index < -0.39 is 0 Å². The van der Waals surface area contributed by atoms with Crippen LogP contribution in [0.25, 0.3) is 10.9 Å². The van der Waals surface area contributed by atoms with Gasteiger partial charge in [-0.05, 0) is 31.5 Å². The van der Waals surface area contributed by atoms with E-state index in [0.29, 0.717) is 6.04 Å². The summed E-state index contributed by atoms with van der Waals surface area (Å²) >= 11 is 0. The third-order valence-electron chi connectivity index (χ3n) is 3.32. The van der Waals surface area contributed by atoms with Crippen molar-refractivity contribution in [3.05, 3.63) is 40.7 Å². The Morgan fingerprint density at radius 1 is 1.41 bits per heavy atom. The zero-order valence-electron chi connectivity index (χ0n) is 9.60. The van der Waals surface area contributed by atoms with Crippen molar-refractivity contribution in [1.29, 1.82) is 0 Å². The van der Waals surface area contributed by atoms with Gasteiger partial charge in [0.25, 0.3) is 0 Å². The molecule has 0 amide bonds. The molecule has 1 aromatic carbocycles. The third-order valence-corrected chi connectivity index (χ3v) is 3.32. The fourth-order valence-electron chi connectivity index (χ4n) is 2.43. The van der Waals surface area contributed by atoms with Crippen molar-refractivity contribution in [2.24, 2.45) is 0 Å². The quantitative estimate of drug-likeness (QED) is 0.840. The van der Waals surface area contributed by atoms with E-state index in [2.05, 4.69) is 10.4 Å². The maximum absolute atomic E-state index is 11.7. The summed E-state index contributed by atoms with van der Waals surface area (Å²) in [7, 11) is 0. The molecule has 1 fully saturated rings. The van der Waals surface area contributed by atoms with Crippen molar-refractivity contribution in [3.63, 3.8) is 0 Å². The Morgan fingerprint density at radius 3 is 3.12 bits per heavy atom. The smallest absolute Gasteiger partial charge is 0.207 e. The first-order chi connectivity index (χ1) is 8.34. The number of hydrogen-bond acceptors (Lipinski definition) is 3. The minimum absolute atomic E-state index is 0.00349. The van der Waals surface area contributed by atoms with Crippen LogP contribution in [0.15, 0.2) is 35.3 Å². The molecule has 88 valence electrons. The van der Waals surface area contributed by atoms with Gasteiger partial charge in [-0.25, -0.2) is 0 Å². The van der Waals surface area contributed by atoms with Crippen LogP contribution in [0.2, 0.25) is 0 Å². The standard InChI is InChI=1S/C13H15N3O/c17-13-8-15-16(9-10-4-3-7-14-10)12-6-2-1-5-11(12)13/h1-2,5-6,8,10,14H,3-4,7,9H2/t10-/m1/s1. The lowest BCUT2D eigenvalue weighted by Crippen LogP contribution is -2.28. The molecule has 1 saturated heterocycles. The molecule has 3 rings (SSSR count). The highest BCUT2D eigenvalue weighted by Crippen LogP contribution is 2.12. The average Bonchev–Trinajstić information content (AvgIpc) is 2.86. The van der Waals surface area contributed by atoms with Crippen molar-refractivity contribution in [2.75, 3.05) is 6.54 Å². The van der Waals surface area contributed by atoms with Crippen LogP contribution in [0.4, 0.5) is 0 Å². The first kappa shape index (κ1) is 10.5. The number of nitrogens with zero attached hydrogens (tertiary/aromatic N) is 2. The van der Waals surface area contributed by atoms with Gasteiger partial charge in [-0.15, -0.1) is 0 Å². The van der Waals surface area contributed by atoms with Crippen LogP contribution >= 0.6 is 0 Å². The molecule has 17 heavy (non-hydrogen) atoms. The molecular weight excluding hydrogens is 214 g/mol. The molecule has 0 unspecified atom stereocenters. The van der Waals surface area contributed by atoms with E-state index >= 15 is 0 Å². The van der Waals surface area contributed by atoms with Crippen molar-refractivity contribution < 1.29 is 0 Å². The Balaban J connectivity index is 2.04. The van der Waals surface area contributed by atoms with Crippen LogP contribution in [0.5, 0.6) is 0 Å². The fraction of sp³-hybridized carbons (Fsp3) is 0.385. The van der Waals surface area contributed by atoms with Crippen LogP contribution in [-0.4, -0.2) is 22.4 Å². The van der Waals surface area contributed by atoms with E-state index in [1.807, 2.05) is 28.9 Å². The number of aromatic nitrogens is 2. The topological polar surface area (TPSA) is 46.9 Å². The summed E-state index contributed by atoms with van der Waals surface area (Å²) in [6, 6.07) is 8.13. The molecule has 0 saturated carbocycles. The lowest BCUT2D eigenvalue weighted by molar-refractivity contribution is 0.481. The van der Waals surface area contributed by atoms with Gasteiger partial charge in [-0.1, -0.05) is 12.1 Å². The van der Waals surface area contributed by atoms with Crippen molar-refractivity contribution in [2.45, 2.75) is 25.4 Å². The van der Waals surface area contributed by atoms with Gasteiger partial charge in [0.2, 0.25) is 5.43 Å². The lowest BCUT2D eigenvalue weighted by Gasteiger charge is -2.14. The van der Waals surface area contributed by atoms with Gasteiger partial charge in [0, 0.05) is 11.4 Å². The molecule has 4 heteroatoms. The maximum Gasteiger partial charge on any atom is 0.207 e. The summed E-state index contributed by atoms with van der Waals surface area (Å²) in [5.41, 5.74) is 0.921. The molecule has 0 bridgehead atoms. The largest absolute Gasteiger partial charge is 0.312 e. The molecule has 2 heterocycles. The zero-order valence-corrected chi connectivity index (χ0v) is 9.60. The SMILES string of the molecule is O=c1cnn(C[C@H]2CCCN2)c2ccccc12. The summed E-state index contributed by atoms with van der Waals surface area (Å²) in [5.74, 6) is 0. The Morgan fingerprint density at radius 2 is 2.29 bits per heavy atom. The number of hydrogen-bond donors (Lipinski definition) is 1. The summed E-state index contributed by atoms with van der Waals surface area (Å²) in [4.78, 5) is 11.7. The second-order valence-corrected chi connectivity index (χ2v) is 4.50. The van der Waals surface area contributed by atoms with Gasteiger partial charge in [-0.3, -0.25) is 9.48 Å². The molecule has 1 aliphatic rings. The highest BCUT2D eigenvalue weighted by atomic mass is 16.1. The van der Waals surface area contributed by atoms with Crippen molar-refractivity contribution in [1.82, 2.24) is 15.1 Å². The molecule has 1 aliphatic heterocycles. The second-order valence-electron chi connectivity index (χ2n) is 4.50. The van der Waals surface area contributed by atoms with Gasteiger partial charge < -0.3 is 5.32 Å². The van der Waals surface area contributed by atoms with Crippen LogP contribution in [0.3, 0.4) is 0 Å². The van der Waals surface area contributed by atoms with E-state index in [1.54, 1.807) is 0 Å². The molecule has 0 radical (unpaired) electrons. The molecule has 4 nitrogen and oxygen atoms in total. The van der Waals surface area contributed by atoms with Crippen molar-refractivity contribution >= 4 is 10.9 Å². The molecule has 0 aliphatic carbocycles. The normalized spacial score (nSPS) is 19.9. The number of rotatable bonds is 2. The Hall–Kier alpha value is -1.68. The van der Waals surface area contributed by atoms with E-state index in [-0.39, 0.29) is 5.43 Å². The number of nitrogens with one attached hydrogen (secondary N) is 1. The summed E-state index contributed by atoms with van der Waals surface area (Å²) in [5, 5.41) is 8.43. The fourth-order valence-corrected chi connectivity index (χ4v) is 2.43. The molecule has 1 aromatic heterocycles. The lowest BCUT2D eigenvalue weighted by atomic mass is 10.2. The van der Waals surface area contributed by atoms with Crippen LogP contribution in [0.1, 0.15) is 12.8 Å². The minimum atomic E-state index is -0.00349. The van der Waals surface area contributed by atoms with Crippen LogP contribution < -0.4 is 10.7 Å². The van der Waals surface area contributed by atoms with Crippen LogP contribution in [-0.2, 0) is 6.54 Å². The molecule has 1 N–H and O–H groups in total. The summed E-state index contributed by atoms with van der Waals surface area (Å²) in [6.07, 6.45) is 3.82. The number of fused-ring (bicyclic) bond motifs is 1. The van der Waals surface area contributed by atoms with Gasteiger partial charge in [0.15, 0.2) is 0 Å². The molecular formula is C13H15N3O. The van der Waals surface area contributed by atoms with Gasteiger partial charge in [0.05, 0.1) is 18.3 Å². The highest BCUT2D eigenvalue weighted by Gasteiger charge is 2.15. The average molecular weight is 229 g/mol. The molecule has 2 aromatic rings. The molecule has 1 atom stereocenters. The first-order valence-corrected chi connectivity index (χ1v) is 6.03. The summed E-state index contributed by atoms with van der Waals surface area (Å²) < 4.78 is 1.93. The zero-order chi connectivity index (χ0) is 11.7. The number of benzene rings is 1. The predicted molar refractivity (Wildman–Crippen MR) is 67.0 cm³/mol. The second kappa shape index (κ2) is 4.30. The third kappa shape index (κ3) is 1.96. The van der Waals surface area contributed by atoms with Crippen LogP contribution in [0, 0.1) is 0 Å². The maximum atomic E-state index is 11.7. The van der Waals surface area contributed by atoms with Crippen molar-refractivity contribution in [3.8, 4) is 0 Å².